The third-order valence-corrected chi connectivity index (χ3v) is 5.74. The van der Waals surface area contributed by atoms with Crippen molar-refractivity contribution in [3.63, 3.8) is 0 Å². The molecule has 3 aliphatic rings. The molecule has 0 aromatic heterocycles. The number of hydrogen-bond acceptors (Lipinski definition) is 5. The number of rotatable bonds is 5. The summed E-state index contributed by atoms with van der Waals surface area (Å²) >= 11 is 0. The highest BCUT2D eigenvalue weighted by atomic mass is 16.5. The molecule has 3 heterocycles. The molecular formula is C21H27N3O4. The van der Waals surface area contributed by atoms with Gasteiger partial charge in [0.1, 0.15) is 0 Å². The van der Waals surface area contributed by atoms with Gasteiger partial charge in [-0.2, -0.15) is 0 Å². The third-order valence-electron chi connectivity index (χ3n) is 5.74. The first-order valence-electron chi connectivity index (χ1n) is 10.1. The van der Waals surface area contributed by atoms with Crippen molar-refractivity contribution in [2.24, 2.45) is 4.99 Å². The Kier molecular flexibility index (Phi) is 5.50. The fourth-order valence-corrected chi connectivity index (χ4v) is 4.17. The fourth-order valence-electron chi connectivity index (χ4n) is 4.17. The van der Waals surface area contributed by atoms with Crippen LogP contribution in [0.2, 0.25) is 0 Å². The van der Waals surface area contributed by atoms with Crippen molar-refractivity contribution < 1.29 is 19.1 Å². The van der Waals surface area contributed by atoms with Crippen LogP contribution in [0.25, 0.3) is 0 Å². The van der Waals surface area contributed by atoms with Crippen molar-refractivity contribution >= 4 is 23.7 Å². The topological polar surface area (TPSA) is 71.4 Å². The van der Waals surface area contributed by atoms with Crippen molar-refractivity contribution in [2.45, 2.75) is 44.6 Å². The van der Waals surface area contributed by atoms with E-state index in [2.05, 4.69) is 4.99 Å². The number of carbonyl (C=O) groups is 2. The van der Waals surface area contributed by atoms with Gasteiger partial charge in [0.15, 0.2) is 11.5 Å². The van der Waals surface area contributed by atoms with Crippen LogP contribution in [0.5, 0.6) is 11.5 Å². The lowest BCUT2D eigenvalue weighted by atomic mass is 10.1. The van der Waals surface area contributed by atoms with Crippen LogP contribution in [0.1, 0.15) is 48.9 Å². The zero-order valence-electron chi connectivity index (χ0n) is 16.4. The normalized spacial score (nSPS) is 21.2. The van der Waals surface area contributed by atoms with Gasteiger partial charge in [0.05, 0.1) is 37.4 Å². The molecule has 150 valence electrons. The average Bonchev–Trinajstić information content (AvgIpc) is 3.16. The maximum Gasteiger partial charge on any atom is 0.256 e. The Morgan fingerprint density at radius 3 is 2.75 bits per heavy atom. The van der Waals surface area contributed by atoms with Crippen molar-refractivity contribution in [1.82, 2.24) is 9.80 Å². The minimum Gasteiger partial charge on any atom is -0.493 e. The van der Waals surface area contributed by atoms with E-state index in [1.54, 1.807) is 19.2 Å². The highest BCUT2D eigenvalue weighted by Gasteiger charge is 2.32. The third kappa shape index (κ3) is 3.70. The largest absolute Gasteiger partial charge is 0.493 e. The quantitative estimate of drug-likeness (QED) is 0.781. The monoisotopic (exact) mass is 385 g/mol. The average molecular weight is 385 g/mol. The molecule has 28 heavy (non-hydrogen) atoms. The molecule has 0 unspecified atom stereocenters. The van der Waals surface area contributed by atoms with E-state index in [0.717, 1.165) is 45.3 Å². The summed E-state index contributed by atoms with van der Waals surface area (Å²) in [5.74, 6) is 1.12. The molecule has 7 heteroatoms. The van der Waals surface area contributed by atoms with E-state index in [0.29, 0.717) is 29.2 Å². The van der Waals surface area contributed by atoms with Crippen molar-refractivity contribution in [3.8, 4) is 11.5 Å². The molecule has 7 nitrogen and oxygen atoms in total. The lowest BCUT2D eigenvalue weighted by Crippen LogP contribution is -2.36. The highest BCUT2D eigenvalue weighted by molar-refractivity contribution is 6.03. The number of fused-ring (bicyclic) bond motifs is 2. The molecule has 3 aliphatic heterocycles. The summed E-state index contributed by atoms with van der Waals surface area (Å²) in [7, 11) is 1.55. The van der Waals surface area contributed by atoms with E-state index in [9.17, 15) is 9.59 Å². The number of aliphatic imine (C=N–C) groups is 1. The molecule has 0 N–H and O–H groups in total. The Bertz CT molecular complexity index is 786. The molecule has 0 aliphatic carbocycles. The molecule has 2 fully saturated rings. The van der Waals surface area contributed by atoms with Gasteiger partial charge < -0.3 is 19.3 Å². The molecule has 2 amide bonds. The number of likely N-dealkylation sites (tertiary alicyclic amines) is 1. The molecule has 4 rings (SSSR count). The van der Waals surface area contributed by atoms with Gasteiger partial charge in [0.25, 0.3) is 5.91 Å². The molecule has 0 radical (unpaired) electrons. The predicted molar refractivity (Wildman–Crippen MR) is 106 cm³/mol. The van der Waals surface area contributed by atoms with E-state index in [1.165, 1.54) is 6.42 Å². The number of ether oxygens (including phenoxy) is 2. The highest BCUT2D eigenvalue weighted by Crippen LogP contribution is 2.38. The van der Waals surface area contributed by atoms with Gasteiger partial charge in [0, 0.05) is 31.9 Å². The Balaban J connectivity index is 1.46. The van der Waals surface area contributed by atoms with Crippen molar-refractivity contribution in [2.75, 3.05) is 33.4 Å². The van der Waals surface area contributed by atoms with Gasteiger partial charge in [-0.05, 0) is 38.2 Å². The summed E-state index contributed by atoms with van der Waals surface area (Å²) in [6.07, 6.45) is 7.49. The Morgan fingerprint density at radius 2 is 1.96 bits per heavy atom. The molecule has 2 saturated heterocycles. The van der Waals surface area contributed by atoms with Crippen LogP contribution in [-0.4, -0.2) is 67.2 Å². The molecule has 1 aromatic carbocycles. The van der Waals surface area contributed by atoms with Gasteiger partial charge in [-0.15, -0.1) is 0 Å². The molecule has 1 atom stereocenters. The van der Waals surface area contributed by atoms with Gasteiger partial charge in [-0.3, -0.25) is 14.6 Å². The lowest BCUT2D eigenvalue weighted by molar-refractivity contribution is -0.132. The van der Waals surface area contributed by atoms with Gasteiger partial charge in [-0.1, -0.05) is 0 Å². The summed E-state index contributed by atoms with van der Waals surface area (Å²) < 4.78 is 11.3. The SMILES string of the molecule is COc1cc2c(cc1OCCC(=O)N1CCCCC1)N=C[C@@H]1CCCN1C2=O. The van der Waals surface area contributed by atoms with E-state index < -0.39 is 0 Å². The van der Waals surface area contributed by atoms with Crippen LogP contribution in [0, 0.1) is 0 Å². The summed E-state index contributed by atoms with van der Waals surface area (Å²) in [6.45, 7) is 2.72. The fraction of sp³-hybridized carbons (Fsp3) is 0.571. The number of benzene rings is 1. The predicted octanol–water partition coefficient (Wildman–Crippen LogP) is 2.80. The van der Waals surface area contributed by atoms with Crippen LogP contribution < -0.4 is 9.47 Å². The van der Waals surface area contributed by atoms with Crippen LogP contribution in [0.15, 0.2) is 17.1 Å². The van der Waals surface area contributed by atoms with Crippen LogP contribution in [0.4, 0.5) is 5.69 Å². The summed E-state index contributed by atoms with van der Waals surface area (Å²) in [5, 5.41) is 0. The van der Waals surface area contributed by atoms with Gasteiger partial charge >= 0.3 is 0 Å². The van der Waals surface area contributed by atoms with Gasteiger partial charge in [-0.25, -0.2) is 0 Å². The summed E-state index contributed by atoms with van der Waals surface area (Å²) in [4.78, 5) is 33.5. The van der Waals surface area contributed by atoms with Crippen LogP contribution in [-0.2, 0) is 4.79 Å². The molecule has 0 saturated carbocycles. The van der Waals surface area contributed by atoms with E-state index in [4.69, 9.17) is 9.47 Å². The van der Waals surface area contributed by atoms with Crippen molar-refractivity contribution in [3.05, 3.63) is 17.7 Å². The van der Waals surface area contributed by atoms with E-state index >= 15 is 0 Å². The Hall–Kier alpha value is -2.57. The summed E-state index contributed by atoms with van der Waals surface area (Å²) in [5.41, 5.74) is 1.13. The maximum absolute atomic E-state index is 12.9. The maximum atomic E-state index is 12.9. The Morgan fingerprint density at radius 1 is 1.14 bits per heavy atom. The van der Waals surface area contributed by atoms with E-state index in [-0.39, 0.29) is 24.5 Å². The second kappa shape index (κ2) is 8.20. The molecule has 0 spiro atoms. The Labute approximate surface area is 165 Å². The first kappa shape index (κ1) is 18.8. The van der Waals surface area contributed by atoms with Crippen LogP contribution >= 0.6 is 0 Å². The smallest absolute Gasteiger partial charge is 0.256 e. The number of methoxy groups -OCH3 is 1. The van der Waals surface area contributed by atoms with Crippen LogP contribution in [0.3, 0.4) is 0 Å². The second-order valence-corrected chi connectivity index (χ2v) is 7.55. The zero-order chi connectivity index (χ0) is 19.5. The minimum atomic E-state index is -0.0138. The number of piperidine rings is 1. The molecule has 0 bridgehead atoms. The molecular weight excluding hydrogens is 358 g/mol. The second-order valence-electron chi connectivity index (χ2n) is 7.55. The van der Waals surface area contributed by atoms with Crippen molar-refractivity contribution in [1.29, 1.82) is 0 Å². The zero-order valence-corrected chi connectivity index (χ0v) is 16.4. The first-order valence-corrected chi connectivity index (χ1v) is 10.1. The molecule has 1 aromatic rings. The van der Waals surface area contributed by atoms with Gasteiger partial charge in [0.2, 0.25) is 5.91 Å². The van der Waals surface area contributed by atoms with E-state index in [1.807, 2.05) is 16.0 Å². The number of carbonyl (C=O) groups excluding carboxylic acids is 2. The number of hydrogen-bond donors (Lipinski definition) is 0. The standard InChI is InChI=1S/C21H27N3O4/c1-27-18-12-16-17(22-14-15-6-5-10-24(15)21(16)26)13-19(18)28-11-7-20(25)23-8-3-2-4-9-23/h12-15H,2-11H2,1H3/t15-/m0/s1. The number of nitrogens with zero attached hydrogens (tertiary/aromatic N) is 3. The first-order chi connectivity index (χ1) is 13.7. The summed E-state index contributed by atoms with van der Waals surface area (Å²) in [6, 6.07) is 3.52. The minimum absolute atomic E-state index is 0.0138. The lowest BCUT2D eigenvalue weighted by Gasteiger charge is -2.26. The number of amides is 2.